The monoisotopic (exact) mass is 318 g/mol. The van der Waals surface area contributed by atoms with Crippen LogP contribution in [0, 0.1) is 0 Å². The van der Waals surface area contributed by atoms with Crippen LogP contribution >= 0.6 is 0 Å². The van der Waals surface area contributed by atoms with Crippen LogP contribution in [0.15, 0.2) is 18.2 Å². The van der Waals surface area contributed by atoms with Gasteiger partial charge in [0.25, 0.3) is 0 Å². The second-order valence-corrected chi connectivity index (χ2v) is 6.54. The van der Waals surface area contributed by atoms with Crippen molar-refractivity contribution in [2.75, 3.05) is 26.3 Å². The van der Waals surface area contributed by atoms with Crippen molar-refractivity contribution >= 4 is 5.91 Å². The smallest absolute Gasteiger partial charge is 0.221 e. The molecule has 126 valence electrons. The molecule has 0 saturated carbocycles. The van der Waals surface area contributed by atoms with Crippen LogP contribution in [0.1, 0.15) is 44.7 Å². The topological polar surface area (TPSA) is 50.8 Å². The molecule has 1 aromatic carbocycles. The van der Waals surface area contributed by atoms with Gasteiger partial charge in [0, 0.05) is 30.6 Å². The summed E-state index contributed by atoms with van der Waals surface area (Å²) in [5.41, 5.74) is 1.20. The molecule has 0 unspecified atom stereocenters. The number of para-hydroxylation sites is 1. The molecular weight excluding hydrogens is 292 g/mol. The molecule has 1 aromatic rings. The van der Waals surface area contributed by atoms with Gasteiger partial charge < -0.3 is 14.8 Å². The highest BCUT2D eigenvalue weighted by Gasteiger charge is 2.30. The summed E-state index contributed by atoms with van der Waals surface area (Å²) in [5.74, 6) is 1.86. The number of rotatable bonds is 5. The van der Waals surface area contributed by atoms with Crippen LogP contribution in [0.2, 0.25) is 0 Å². The molecule has 0 aliphatic carbocycles. The van der Waals surface area contributed by atoms with Crippen molar-refractivity contribution in [3.05, 3.63) is 23.8 Å². The molecule has 2 heterocycles. The van der Waals surface area contributed by atoms with Crippen molar-refractivity contribution in [1.82, 2.24) is 10.2 Å². The highest BCUT2D eigenvalue weighted by atomic mass is 16.6. The fourth-order valence-corrected chi connectivity index (χ4v) is 3.44. The zero-order chi connectivity index (χ0) is 16.2. The molecule has 0 spiro atoms. The Labute approximate surface area is 137 Å². The van der Waals surface area contributed by atoms with Gasteiger partial charge in [0.05, 0.1) is 0 Å². The van der Waals surface area contributed by atoms with E-state index in [-0.39, 0.29) is 11.9 Å². The van der Waals surface area contributed by atoms with Gasteiger partial charge >= 0.3 is 0 Å². The van der Waals surface area contributed by atoms with E-state index in [1.807, 2.05) is 26.0 Å². The van der Waals surface area contributed by atoms with E-state index >= 15 is 0 Å². The largest absolute Gasteiger partial charge is 0.486 e. The molecule has 1 fully saturated rings. The van der Waals surface area contributed by atoms with Gasteiger partial charge in [0.15, 0.2) is 11.5 Å². The quantitative estimate of drug-likeness (QED) is 0.906. The van der Waals surface area contributed by atoms with Gasteiger partial charge in [-0.1, -0.05) is 12.1 Å². The minimum absolute atomic E-state index is 0.125. The van der Waals surface area contributed by atoms with Crippen LogP contribution in [0.3, 0.4) is 0 Å². The van der Waals surface area contributed by atoms with Gasteiger partial charge in [-0.3, -0.25) is 9.69 Å². The van der Waals surface area contributed by atoms with Crippen molar-refractivity contribution in [2.45, 2.75) is 45.2 Å². The van der Waals surface area contributed by atoms with Crippen LogP contribution in [-0.4, -0.2) is 43.2 Å². The van der Waals surface area contributed by atoms with Crippen LogP contribution in [0.4, 0.5) is 0 Å². The number of fused-ring (bicyclic) bond motifs is 1. The van der Waals surface area contributed by atoms with Crippen molar-refractivity contribution in [1.29, 1.82) is 0 Å². The number of ether oxygens (including phenoxy) is 2. The number of nitrogens with one attached hydrogen (secondary N) is 1. The number of likely N-dealkylation sites (tertiary alicyclic amines) is 1. The average molecular weight is 318 g/mol. The molecule has 23 heavy (non-hydrogen) atoms. The van der Waals surface area contributed by atoms with Crippen molar-refractivity contribution in [3.8, 4) is 11.5 Å². The maximum atomic E-state index is 11.9. The van der Waals surface area contributed by atoms with E-state index in [4.69, 9.17) is 9.47 Å². The van der Waals surface area contributed by atoms with Crippen molar-refractivity contribution in [3.63, 3.8) is 0 Å². The fraction of sp³-hybridized carbons (Fsp3) is 0.611. The predicted octanol–water partition coefficient (Wildman–Crippen LogP) is 2.51. The van der Waals surface area contributed by atoms with Gasteiger partial charge in [-0.25, -0.2) is 0 Å². The Bertz CT molecular complexity index is 559. The lowest BCUT2D eigenvalue weighted by molar-refractivity contribution is -0.121. The lowest BCUT2D eigenvalue weighted by Crippen LogP contribution is -2.34. The molecule has 5 heteroatoms. The normalized spacial score (nSPS) is 20.7. The highest BCUT2D eigenvalue weighted by molar-refractivity contribution is 5.76. The third kappa shape index (κ3) is 3.78. The zero-order valence-corrected chi connectivity index (χ0v) is 14.0. The van der Waals surface area contributed by atoms with E-state index in [0.717, 1.165) is 37.4 Å². The van der Waals surface area contributed by atoms with Gasteiger partial charge in [-0.15, -0.1) is 0 Å². The first-order valence-corrected chi connectivity index (χ1v) is 8.57. The first-order chi connectivity index (χ1) is 11.1. The first-order valence-electron chi connectivity index (χ1n) is 8.57. The number of amides is 1. The number of hydrogen-bond acceptors (Lipinski definition) is 4. The number of carbonyl (C=O) groups is 1. The van der Waals surface area contributed by atoms with Crippen LogP contribution in [0.25, 0.3) is 0 Å². The standard InChI is InChI=1S/C18H26N2O3/c1-13(2)19-17(21)8-10-20-9-4-6-15(20)14-5-3-7-16-18(14)23-12-11-22-16/h3,5,7,13,15H,4,6,8-12H2,1-2H3,(H,19,21)/t15-/m0/s1. The highest BCUT2D eigenvalue weighted by Crippen LogP contribution is 2.42. The molecule has 1 N–H and O–H groups in total. The molecule has 2 aliphatic heterocycles. The van der Waals surface area contributed by atoms with Gasteiger partial charge in [0.2, 0.25) is 5.91 Å². The number of carbonyl (C=O) groups excluding carboxylic acids is 1. The van der Waals surface area contributed by atoms with E-state index < -0.39 is 0 Å². The third-order valence-electron chi connectivity index (χ3n) is 4.40. The van der Waals surface area contributed by atoms with Gasteiger partial charge in [0.1, 0.15) is 13.2 Å². The Kier molecular flexibility index (Phi) is 5.06. The number of benzene rings is 1. The first kappa shape index (κ1) is 16.1. The molecule has 0 bridgehead atoms. The lowest BCUT2D eigenvalue weighted by atomic mass is 10.0. The van der Waals surface area contributed by atoms with E-state index in [0.29, 0.717) is 25.7 Å². The number of hydrogen-bond donors (Lipinski definition) is 1. The van der Waals surface area contributed by atoms with E-state index in [9.17, 15) is 4.79 Å². The maximum absolute atomic E-state index is 11.9. The van der Waals surface area contributed by atoms with E-state index in [1.54, 1.807) is 0 Å². The summed E-state index contributed by atoms with van der Waals surface area (Å²) in [4.78, 5) is 14.3. The van der Waals surface area contributed by atoms with Crippen LogP contribution in [-0.2, 0) is 4.79 Å². The summed E-state index contributed by atoms with van der Waals surface area (Å²) >= 11 is 0. The molecular formula is C18H26N2O3. The summed E-state index contributed by atoms with van der Waals surface area (Å²) in [7, 11) is 0. The maximum Gasteiger partial charge on any atom is 0.221 e. The fourth-order valence-electron chi connectivity index (χ4n) is 3.44. The summed E-state index contributed by atoms with van der Waals surface area (Å²) in [6.45, 7) is 7.01. The zero-order valence-electron chi connectivity index (χ0n) is 14.0. The van der Waals surface area contributed by atoms with Gasteiger partial charge in [-0.2, -0.15) is 0 Å². The Hall–Kier alpha value is -1.75. The molecule has 1 amide bonds. The third-order valence-corrected chi connectivity index (χ3v) is 4.40. The van der Waals surface area contributed by atoms with Crippen LogP contribution in [0.5, 0.6) is 11.5 Å². The molecule has 3 rings (SSSR count). The predicted molar refractivity (Wildman–Crippen MR) is 88.9 cm³/mol. The van der Waals surface area contributed by atoms with Crippen LogP contribution < -0.4 is 14.8 Å². The lowest BCUT2D eigenvalue weighted by Gasteiger charge is -2.28. The van der Waals surface area contributed by atoms with Crippen molar-refractivity contribution in [2.24, 2.45) is 0 Å². The molecule has 5 nitrogen and oxygen atoms in total. The van der Waals surface area contributed by atoms with E-state index in [2.05, 4.69) is 16.3 Å². The molecule has 0 radical (unpaired) electrons. The van der Waals surface area contributed by atoms with Crippen molar-refractivity contribution < 1.29 is 14.3 Å². The van der Waals surface area contributed by atoms with Gasteiger partial charge in [-0.05, 0) is 39.3 Å². The summed E-state index contributed by atoms with van der Waals surface area (Å²) in [5, 5.41) is 2.96. The SMILES string of the molecule is CC(C)NC(=O)CCN1CCC[C@H]1c1cccc2c1OCCO2. The number of nitrogens with zero attached hydrogens (tertiary/aromatic N) is 1. The second-order valence-electron chi connectivity index (χ2n) is 6.54. The average Bonchev–Trinajstić information content (AvgIpc) is 3.00. The minimum atomic E-state index is 0.125. The second kappa shape index (κ2) is 7.21. The Morgan fingerprint density at radius 3 is 3.00 bits per heavy atom. The Morgan fingerprint density at radius 2 is 2.17 bits per heavy atom. The molecule has 1 atom stereocenters. The minimum Gasteiger partial charge on any atom is -0.486 e. The molecule has 0 aromatic heterocycles. The summed E-state index contributed by atoms with van der Waals surface area (Å²) in [6.07, 6.45) is 2.80. The summed E-state index contributed by atoms with van der Waals surface area (Å²) in [6, 6.07) is 6.64. The Morgan fingerprint density at radius 1 is 1.35 bits per heavy atom. The Balaban J connectivity index is 1.69. The van der Waals surface area contributed by atoms with E-state index in [1.165, 1.54) is 5.56 Å². The molecule has 1 saturated heterocycles. The summed E-state index contributed by atoms with van der Waals surface area (Å²) < 4.78 is 11.6. The molecule has 2 aliphatic rings.